The van der Waals surface area contributed by atoms with Crippen LogP contribution in [0.2, 0.25) is 0 Å². The molecule has 0 unspecified atom stereocenters. The number of carbonyl (C=O) groups excluding carboxylic acids is 1. The summed E-state index contributed by atoms with van der Waals surface area (Å²) >= 11 is 0. The van der Waals surface area contributed by atoms with Gasteiger partial charge in [-0.25, -0.2) is 0 Å². The summed E-state index contributed by atoms with van der Waals surface area (Å²) in [5.74, 6) is -0.165. The molecule has 4 nitrogen and oxygen atoms in total. The molecule has 0 spiro atoms. The summed E-state index contributed by atoms with van der Waals surface area (Å²) in [4.78, 5) is 12.1. The van der Waals surface area contributed by atoms with E-state index >= 15 is 0 Å². The van der Waals surface area contributed by atoms with Gasteiger partial charge in [-0.15, -0.1) is 0 Å². The van der Waals surface area contributed by atoms with Crippen LogP contribution in [-0.4, -0.2) is 15.7 Å². The van der Waals surface area contributed by atoms with E-state index in [1.807, 2.05) is 52.2 Å². The Morgan fingerprint density at radius 2 is 1.94 bits per heavy atom. The predicted octanol–water partition coefficient (Wildman–Crippen LogP) is 2.60. The number of aromatic nitrogens is 2. The van der Waals surface area contributed by atoms with E-state index in [0.29, 0.717) is 5.69 Å². The molecule has 1 aromatic carbocycles. The monoisotopic (exact) mass is 243 g/mol. The van der Waals surface area contributed by atoms with E-state index in [9.17, 15) is 4.79 Å². The minimum absolute atomic E-state index is 0.165. The van der Waals surface area contributed by atoms with Gasteiger partial charge in [0.15, 0.2) is 5.69 Å². The summed E-state index contributed by atoms with van der Waals surface area (Å²) in [6, 6.07) is 5.98. The number of carbonyl (C=O) groups is 1. The maximum absolute atomic E-state index is 12.1. The molecule has 0 atom stereocenters. The van der Waals surface area contributed by atoms with Crippen molar-refractivity contribution in [3.05, 3.63) is 46.8 Å². The number of anilines is 1. The molecule has 0 radical (unpaired) electrons. The Labute approximate surface area is 107 Å². The molecular formula is C14H17N3O. The number of nitrogens with one attached hydrogen (secondary N) is 1. The number of hydrogen-bond acceptors (Lipinski definition) is 2. The second kappa shape index (κ2) is 4.64. The van der Waals surface area contributed by atoms with Gasteiger partial charge in [0.2, 0.25) is 0 Å². The van der Waals surface area contributed by atoms with Crippen LogP contribution in [-0.2, 0) is 7.05 Å². The van der Waals surface area contributed by atoms with Crippen molar-refractivity contribution in [1.29, 1.82) is 0 Å². The second-order valence-corrected chi connectivity index (χ2v) is 4.61. The molecule has 18 heavy (non-hydrogen) atoms. The van der Waals surface area contributed by atoms with Gasteiger partial charge in [0.05, 0.1) is 0 Å². The fourth-order valence-corrected chi connectivity index (χ4v) is 1.88. The van der Waals surface area contributed by atoms with Crippen LogP contribution < -0.4 is 5.32 Å². The van der Waals surface area contributed by atoms with E-state index in [1.54, 1.807) is 4.68 Å². The Morgan fingerprint density at radius 1 is 1.22 bits per heavy atom. The molecule has 4 heteroatoms. The van der Waals surface area contributed by atoms with Crippen LogP contribution in [0.1, 0.15) is 27.2 Å². The van der Waals surface area contributed by atoms with E-state index in [2.05, 4.69) is 10.4 Å². The summed E-state index contributed by atoms with van der Waals surface area (Å²) in [7, 11) is 1.81. The van der Waals surface area contributed by atoms with Crippen molar-refractivity contribution in [2.24, 2.45) is 7.05 Å². The van der Waals surface area contributed by atoms with Crippen molar-refractivity contribution in [1.82, 2.24) is 9.78 Å². The quantitative estimate of drug-likeness (QED) is 0.881. The third-order valence-electron chi connectivity index (χ3n) is 2.87. The lowest BCUT2D eigenvalue weighted by Gasteiger charge is -2.08. The summed E-state index contributed by atoms with van der Waals surface area (Å²) < 4.78 is 1.65. The Bertz CT molecular complexity index is 599. The topological polar surface area (TPSA) is 46.9 Å². The minimum atomic E-state index is -0.165. The van der Waals surface area contributed by atoms with Gasteiger partial charge in [-0.1, -0.05) is 12.1 Å². The van der Waals surface area contributed by atoms with Gasteiger partial charge in [0.25, 0.3) is 5.91 Å². The summed E-state index contributed by atoms with van der Waals surface area (Å²) in [6.45, 7) is 5.85. The van der Waals surface area contributed by atoms with E-state index in [-0.39, 0.29) is 5.91 Å². The third kappa shape index (κ3) is 2.42. The number of nitrogens with zero attached hydrogens (tertiary/aromatic N) is 2. The SMILES string of the molecule is Cc1ccc(C)c(NC(=O)c2nn(C)cc2C)c1. The summed E-state index contributed by atoms with van der Waals surface area (Å²) in [5.41, 5.74) is 4.35. The number of hydrogen-bond donors (Lipinski definition) is 1. The smallest absolute Gasteiger partial charge is 0.276 e. The standard InChI is InChI=1S/C14H17N3O/c1-9-5-6-10(2)12(7-9)15-14(18)13-11(3)8-17(4)16-13/h5-8H,1-4H3,(H,15,18). The first-order valence-electron chi connectivity index (χ1n) is 5.86. The Morgan fingerprint density at radius 3 is 2.56 bits per heavy atom. The average molecular weight is 243 g/mol. The Hall–Kier alpha value is -2.10. The van der Waals surface area contributed by atoms with Gasteiger partial charge in [-0.3, -0.25) is 9.48 Å². The lowest BCUT2D eigenvalue weighted by Crippen LogP contribution is -2.15. The molecule has 0 bridgehead atoms. The van der Waals surface area contributed by atoms with Crippen LogP contribution >= 0.6 is 0 Å². The van der Waals surface area contributed by atoms with Crippen LogP contribution in [0.15, 0.2) is 24.4 Å². The highest BCUT2D eigenvalue weighted by molar-refractivity contribution is 6.04. The average Bonchev–Trinajstić information content (AvgIpc) is 2.63. The molecule has 0 aliphatic rings. The minimum Gasteiger partial charge on any atom is -0.320 e. The van der Waals surface area contributed by atoms with Crippen LogP contribution in [0, 0.1) is 20.8 Å². The van der Waals surface area contributed by atoms with Crippen LogP contribution in [0.5, 0.6) is 0 Å². The fraction of sp³-hybridized carbons (Fsp3) is 0.286. The van der Waals surface area contributed by atoms with Gasteiger partial charge in [-0.05, 0) is 38.0 Å². The summed E-state index contributed by atoms with van der Waals surface area (Å²) in [6.07, 6.45) is 1.83. The zero-order chi connectivity index (χ0) is 13.3. The molecule has 0 fully saturated rings. The van der Waals surface area contributed by atoms with Crippen molar-refractivity contribution < 1.29 is 4.79 Å². The molecule has 1 aromatic heterocycles. The molecule has 2 aromatic rings. The van der Waals surface area contributed by atoms with Crippen molar-refractivity contribution >= 4 is 11.6 Å². The molecule has 0 saturated carbocycles. The lowest BCUT2D eigenvalue weighted by atomic mass is 10.1. The molecule has 1 heterocycles. The van der Waals surface area contributed by atoms with Gasteiger partial charge in [0.1, 0.15) is 0 Å². The highest BCUT2D eigenvalue weighted by Gasteiger charge is 2.14. The first-order chi connectivity index (χ1) is 8.47. The van der Waals surface area contributed by atoms with Gasteiger partial charge < -0.3 is 5.32 Å². The number of benzene rings is 1. The molecule has 2 rings (SSSR count). The molecule has 0 aliphatic carbocycles. The van der Waals surface area contributed by atoms with Gasteiger partial charge in [-0.2, -0.15) is 5.10 Å². The van der Waals surface area contributed by atoms with Crippen LogP contribution in [0.4, 0.5) is 5.69 Å². The normalized spacial score (nSPS) is 10.4. The maximum Gasteiger partial charge on any atom is 0.276 e. The van der Waals surface area contributed by atoms with Crippen LogP contribution in [0.25, 0.3) is 0 Å². The van der Waals surface area contributed by atoms with E-state index < -0.39 is 0 Å². The highest BCUT2D eigenvalue weighted by atomic mass is 16.2. The number of rotatable bonds is 2. The predicted molar refractivity (Wildman–Crippen MR) is 71.8 cm³/mol. The Kier molecular flexibility index (Phi) is 3.19. The zero-order valence-corrected chi connectivity index (χ0v) is 11.1. The molecule has 0 saturated heterocycles. The van der Waals surface area contributed by atoms with E-state index in [0.717, 1.165) is 22.4 Å². The fourth-order valence-electron chi connectivity index (χ4n) is 1.88. The summed E-state index contributed by atoms with van der Waals surface area (Å²) in [5, 5.41) is 7.07. The zero-order valence-electron chi connectivity index (χ0n) is 11.1. The largest absolute Gasteiger partial charge is 0.320 e. The number of aryl methyl sites for hydroxylation is 4. The maximum atomic E-state index is 12.1. The molecule has 1 N–H and O–H groups in total. The lowest BCUT2D eigenvalue weighted by molar-refractivity contribution is 0.102. The van der Waals surface area contributed by atoms with Crippen molar-refractivity contribution in [3.8, 4) is 0 Å². The first-order valence-corrected chi connectivity index (χ1v) is 5.86. The second-order valence-electron chi connectivity index (χ2n) is 4.61. The van der Waals surface area contributed by atoms with Crippen LogP contribution in [0.3, 0.4) is 0 Å². The third-order valence-corrected chi connectivity index (χ3v) is 2.87. The van der Waals surface area contributed by atoms with Crippen molar-refractivity contribution in [2.45, 2.75) is 20.8 Å². The first kappa shape index (κ1) is 12.4. The van der Waals surface area contributed by atoms with Gasteiger partial charge >= 0.3 is 0 Å². The molecule has 1 amide bonds. The Balaban J connectivity index is 2.26. The number of amides is 1. The molecule has 94 valence electrons. The van der Waals surface area contributed by atoms with E-state index in [4.69, 9.17) is 0 Å². The van der Waals surface area contributed by atoms with E-state index in [1.165, 1.54) is 0 Å². The van der Waals surface area contributed by atoms with Crippen molar-refractivity contribution in [3.63, 3.8) is 0 Å². The highest BCUT2D eigenvalue weighted by Crippen LogP contribution is 2.17. The van der Waals surface area contributed by atoms with Gasteiger partial charge in [0, 0.05) is 24.5 Å². The molecule has 0 aliphatic heterocycles. The molecular weight excluding hydrogens is 226 g/mol. The van der Waals surface area contributed by atoms with Crippen molar-refractivity contribution in [2.75, 3.05) is 5.32 Å².